The van der Waals surface area contributed by atoms with Crippen molar-refractivity contribution < 1.29 is 33.8 Å². The van der Waals surface area contributed by atoms with Crippen molar-refractivity contribution in [2.45, 2.75) is 136 Å². The molecule has 1 heterocycles. The molecule has 6 N–H and O–H groups in total. The second-order valence-corrected chi connectivity index (χ2v) is 14.4. The zero-order valence-corrected chi connectivity index (χ0v) is 33.8. The topological polar surface area (TPSA) is 176 Å². The number of rotatable bonds is 19. The normalized spacial score (nSPS) is 20.3. The van der Waals surface area contributed by atoms with Crippen LogP contribution in [0.5, 0.6) is 0 Å². The molecule has 1 aliphatic heterocycles. The first-order chi connectivity index (χ1) is 24.6. The van der Waals surface area contributed by atoms with Crippen LogP contribution < -0.4 is 21.7 Å². The van der Waals surface area contributed by atoms with E-state index in [1.165, 1.54) is 20.6 Å². The molecule has 0 saturated carbocycles. The third-order valence-electron chi connectivity index (χ3n) is 10.1. The maximum atomic E-state index is 14.1. The second-order valence-electron chi connectivity index (χ2n) is 14.4. The number of benzene rings is 1. The first-order valence-corrected chi connectivity index (χ1v) is 18.9. The van der Waals surface area contributed by atoms with Crippen LogP contribution in [-0.2, 0) is 28.7 Å². The monoisotopic (exact) mass is 735 g/mol. The lowest BCUT2D eigenvalue weighted by molar-refractivity contribution is -0.147. The van der Waals surface area contributed by atoms with Crippen molar-refractivity contribution in [1.29, 1.82) is 0 Å². The average Bonchev–Trinajstić information content (AvgIpc) is 3.51. The molecule has 10 unspecified atom stereocenters. The van der Waals surface area contributed by atoms with Crippen LogP contribution in [0.4, 0.5) is 0 Å². The number of nitrogens with zero attached hydrogens (tertiary/aromatic N) is 2. The molecular formula is C39H70N6O7. The van der Waals surface area contributed by atoms with Crippen LogP contribution in [0.3, 0.4) is 0 Å². The maximum absolute atomic E-state index is 14.1. The van der Waals surface area contributed by atoms with Gasteiger partial charge in [-0.15, -0.1) is 0 Å². The number of nitrogens with one attached hydrogen (secondary N) is 3. The van der Waals surface area contributed by atoms with E-state index in [-0.39, 0.29) is 48.4 Å². The third-order valence-corrected chi connectivity index (χ3v) is 10.1. The van der Waals surface area contributed by atoms with Crippen molar-refractivity contribution in [3.8, 4) is 0 Å². The zero-order valence-electron chi connectivity index (χ0n) is 33.8. The van der Waals surface area contributed by atoms with Crippen molar-refractivity contribution in [3.63, 3.8) is 0 Å². The number of carbonyl (C=O) groups excluding carboxylic acids is 4. The van der Waals surface area contributed by atoms with Crippen molar-refractivity contribution in [3.05, 3.63) is 35.9 Å². The summed E-state index contributed by atoms with van der Waals surface area (Å²) in [5.41, 5.74) is 7.19. The minimum Gasteiger partial charge on any atom is -0.386 e. The van der Waals surface area contributed by atoms with Crippen LogP contribution >= 0.6 is 0 Å². The van der Waals surface area contributed by atoms with Gasteiger partial charge in [0, 0.05) is 21.3 Å². The highest BCUT2D eigenvalue weighted by Gasteiger charge is 2.45. The van der Waals surface area contributed by atoms with Crippen LogP contribution in [0, 0.1) is 17.8 Å². The van der Waals surface area contributed by atoms with Gasteiger partial charge in [0.15, 0.2) is 0 Å². The quantitative estimate of drug-likeness (QED) is 0.143. The van der Waals surface area contributed by atoms with Crippen molar-refractivity contribution >= 4 is 23.6 Å². The van der Waals surface area contributed by atoms with E-state index in [4.69, 9.17) is 15.2 Å². The predicted molar refractivity (Wildman–Crippen MR) is 205 cm³/mol. The molecule has 1 aromatic carbocycles. The Labute approximate surface area is 313 Å². The summed E-state index contributed by atoms with van der Waals surface area (Å²) in [7, 11) is 6.41. The SMILES string of the molecule is CCC.CCC(C)C(C(CC(=O)N1C(N)CCC1C(OC)C(C)C(=O)NC(C)C(O)c1ccccc1)OC)N(C)C(=O)CNC(=O)C(NC)C(C)C. The lowest BCUT2D eigenvalue weighted by Gasteiger charge is -2.40. The van der Waals surface area contributed by atoms with Crippen LogP contribution in [0.25, 0.3) is 0 Å². The first kappa shape index (κ1) is 46.9. The van der Waals surface area contributed by atoms with Gasteiger partial charge in [0.2, 0.25) is 23.6 Å². The zero-order chi connectivity index (χ0) is 39.7. The van der Waals surface area contributed by atoms with Gasteiger partial charge in [-0.25, -0.2) is 0 Å². The van der Waals surface area contributed by atoms with Crippen molar-refractivity contribution in [2.24, 2.45) is 23.5 Å². The molecule has 13 nitrogen and oxygen atoms in total. The summed E-state index contributed by atoms with van der Waals surface area (Å²) < 4.78 is 11.8. The number of nitrogens with two attached hydrogens (primary N) is 1. The standard InChI is InChI=1S/C36H62N6O7.C3H8/c1-11-22(4)32(41(8)30(44)20-39-36(47)31(38-7)21(2)3)27(48-9)19-29(43)42-26(17-18-28(42)37)34(49-10)23(5)35(46)40-24(6)33(45)25-15-13-12-14-16-25;1-3-2/h12-16,21-24,26-28,31-34,38,45H,11,17-20,37H2,1-10H3,(H,39,47)(H,40,46);3H2,1-2H3. The highest BCUT2D eigenvalue weighted by molar-refractivity contribution is 5.87. The first-order valence-electron chi connectivity index (χ1n) is 18.9. The van der Waals surface area contributed by atoms with E-state index in [0.717, 1.165) is 6.42 Å². The fraction of sp³-hybridized carbons (Fsp3) is 0.744. The fourth-order valence-electron chi connectivity index (χ4n) is 6.97. The minimum absolute atomic E-state index is 0.0326. The van der Waals surface area contributed by atoms with Gasteiger partial charge in [0.1, 0.15) is 0 Å². The Hall–Kier alpha value is -3.10. The van der Waals surface area contributed by atoms with E-state index < -0.39 is 54.6 Å². The lowest BCUT2D eigenvalue weighted by Crippen LogP contribution is -2.57. The van der Waals surface area contributed by atoms with Gasteiger partial charge in [0.05, 0.1) is 67.5 Å². The Bertz CT molecular complexity index is 1220. The van der Waals surface area contributed by atoms with Crippen LogP contribution in [0.1, 0.15) is 99.2 Å². The Kier molecular flexibility index (Phi) is 21.2. The van der Waals surface area contributed by atoms with E-state index in [2.05, 4.69) is 29.8 Å². The van der Waals surface area contributed by atoms with Gasteiger partial charge >= 0.3 is 0 Å². The maximum Gasteiger partial charge on any atom is 0.242 e. The minimum atomic E-state index is -0.896. The van der Waals surface area contributed by atoms with E-state index in [9.17, 15) is 24.3 Å². The molecule has 2 rings (SSSR count). The molecule has 0 aromatic heterocycles. The number of amides is 4. The Morgan fingerprint density at radius 1 is 0.981 bits per heavy atom. The summed E-state index contributed by atoms with van der Waals surface area (Å²) in [6, 6.07) is 7.18. The molecular weight excluding hydrogens is 664 g/mol. The Morgan fingerprint density at radius 3 is 2.08 bits per heavy atom. The van der Waals surface area contributed by atoms with Crippen molar-refractivity contribution in [1.82, 2.24) is 25.8 Å². The summed E-state index contributed by atoms with van der Waals surface area (Å²) in [6.45, 7) is 15.4. The number of aliphatic hydroxyl groups is 1. The molecule has 13 heteroatoms. The molecule has 0 aliphatic carbocycles. The smallest absolute Gasteiger partial charge is 0.242 e. The molecule has 1 fully saturated rings. The number of hydrogen-bond acceptors (Lipinski definition) is 9. The molecule has 1 aliphatic rings. The summed E-state index contributed by atoms with van der Waals surface area (Å²) in [5, 5.41) is 19.4. The number of likely N-dealkylation sites (N-methyl/N-ethyl adjacent to an activating group) is 2. The van der Waals surface area contributed by atoms with Gasteiger partial charge in [-0.3, -0.25) is 19.2 Å². The third kappa shape index (κ3) is 13.1. The fourth-order valence-corrected chi connectivity index (χ4v) is 6.97. The largest absolute Gasteiger partial charge is 0.386 e. The molecule has 0 spiro atoms. The van der Waals surface area contributed by atoms with Gasteiger partial charge in [-0.05, 0) is 44.2 Å². The number of likely N-dealkylation sites (tertiary alicyclic amines) is 1. The molecule has 1 saturated heterocycles. The van der Waals surface area contributed by atoms with Crippen LogP contribution in [-0.4, -0.2) is 116 Å². The number of ether oxygens (including phenoxy) is 2. The summed E-state index contributed by atoms with van der Waals surface area (Å²) in [5.74, 6) is -1.78. The molecule has 4 amide bonds. The van der Waals surface area contributed by atoms with Crippen molar-refractivity contribution in [2.75, 3.05) is 34.9 Å². The highest BCUT2D eigenvalue weighted by atomic mass is 16.5. The Balaban J connectivity index is 0.00000434. The highest BCUT2D eigenvalue weighted by Crippen LogP contribution is 2.31. The lowest BCUT2D eigenvalue weighted by atomic mass is 9.90. The molecule has 52 heavy (non-hydrogen) atoms. The average molecular weight is 735 g/mol. The van der Waals surface area contributed by atoms with E-state index in [0.29, 0.717) is 18.4 Å². The van der Waals surface area contributed by atoms with E-state index in [1.54, 1.807) is 49.9 Å². The molecule has 0 bridgehead atoms. The summed E-state index contributed by atoms with van der Waals surface area (Å²) in [6.07, 6.45) is 0.188. The van der Waals surface area contributed by atoms with Gasteiger partial charge in [-0.2, -0.15) is 0 Å². The summed E-state index contributed by atoms with van der Waals surface area (Å²) >= 11 is 0. The van der Waals surface area contributed by atoms with Crippen LogP contribution in [0.2, 0.25) is 0 Å². The molecule has 1 aromatic rings. The molecule has 10 atom stereocenters. The van der Waals surface area contributed by atoms with E-state index in [1.807, 2.05) is 45.9 Å². The van der Waals surface area contributed by atoms with E-state index >= 15 is 0 Å². The van der Waals surface area contributed by atoms with Gasteiger partial charge in [0.25, 0.3) is 0 Å². The Morgan fingerprint density at radius 2 is 1.58 bits per heavy atom. The number of hydrogen-bond donors (Lipinski definition) is 5. The van der Waals surface area contributed by atoms with Gasteiger partial charge < -0.3 is 46.1 Å². The van der Waals surface area contributed by atoms with Gasteiger partial charge in [-0.1, -0.05) is 91.6 Å². The number of methoxy groups -OCH3 is 2. The summed E-state index contributed by atoms with van der Waals surface area (Å²) in [4.78, 5) is 56.7. The molecule has 0 radical (unpaired) electrons. The molecule has 298 valence electrons. The van der Waals surface area contributed by atoms with Crippen LogP contribution in [0.15, 0.2) is 30.3 Å². The predicted octanol–water partition coefficient (Wildman–Crippen LogP) is 3.21. The number of carbonyl (C=O) groups is 4. The number of aliphatic hydroxyl groups excluding tert-OH is 1. The second kappa shape index (κ2) is 23.5.